The molecule has 1 atom stereocenters. The Morgan fingerprint density at radius 2 is 1.70 bits per heavy atom. The lowest BCUT2D eigenvalue weighted by molar-refractivity contribution is -0.127. The summed E-state index contributed by atoms with van der Waals surface area (Å²) in [4.78, 5) is 12.0. The Bertz CT molecular complexity index is 620. The Labute approximate surface area is 137 Å². The quantitative estimate of drug-likeness (QED) is 0.798. The van der Waals surface area contributed by atoms with Crippen molar-refractivity contribution in [3.63, 3.8) is 0 Å². The normalized spacial score (nSPS) is 11.6. The molecule has 0 saturated carbocycles. The van der Waals surface area contributed by atoms with Gasteiger partial charge in [-0.2, -0.15) is 0 Å². The summed E-state index contributed by atoms with van der Waals surface area (Å²) in [7, 11) is 0. The standard InChI is InChI=1S/C19H23NO3/c1-14-11-15(2)13-18(12-14)23-16(3)19(21)20-9-10-22-17-7-5-4-6-8-17/h4-8,11-13,16H,9-10H2,1-3H3,(H,20,21)/t16-/m0/s1. The fourth-order valence-corrected chi connectivity index (χ4v) is 2.26. The van der Waals surface area contributed by atoms with E-state index in [2.05, 4.69) is 11.4 Å². The molecular weight excluding hydrogens is 290 g/mol. The van der Waals surface area contributed by atoms with Crippen LogP contribution in [0.5, 0.6) is 11.5 Å². The van der Waals surface area contributed by atoms with Crippen molar-refractivity contribution < 1.29 is 14.3 Å². The average molecular weight is 313 g/mol. The Morgan fingerprint density at radius 1 is 1.04 bits per heavy atom. The second-order valence-corrected chi connectivity index (χ2v) is 5.54. The molecule has 0 aromatic heterocycles. The van der Waals surface area contributed by atoms with Crippen LogP contribution in [-0.4, -0.2) is 25.2 Å². The number of aryl methyl sites for hydroxylation is 2. The van der Waals surface area contributed by atoms with Crippen LogP contribution >= 0.6 is 0 Å². The predicted octanol–water partition coefficient (Wildman–Crippen LogP) is 3.27. The van der Waals surface area contributed by atoms with E-state index in [0.29, 0.717) is 18.9 Å². The second-order valence-electron chi connectivity index (χ2n) is 5.54. The number of hydrogen-bond acceptors (Lipinski definition) is 3. The molecule has 0 unspecified atom stereocenters. The van der Waals surface area contributed by atoms with Gasteiger partial charge in [-0.25, -0.2) is 0 Å². The third-order valence-corrected chi connectivity index (χ3v) is 3.29. The van der Waals surface area contributed by atoms with Crippen LogP contribution in [0.25, 0.3) is 0 Å². The van der Waals surface area contributed by atoms with Gasteiger partial charge in [0.1, 0.15) is 18.1 Å². The molecule has 4 heteroatoms. The maximum atomic E-state index is 12.0. The van der Waals surface area contributed by atoms with Crippen molar-refractivity contribution in [1.82, 2.24) is 5.32 Å². The first-order chi connectivity index (χ1) is 11.0. The van der Waals surface area contributed by atoms with Crippen molar-refractivity contribution in [2.45, 2.75) is 26.9 Å². The van der Waals surface area contributed by atoms with Crippen molar-refractivity contribution >= 4 is 5.91 Å². The van der Waals surface area contributed by atoms with E-state index >= 15 is 0 Å². The number of amides is 1. The number of benzene rings is 2. The fraction of sp³-hybridized carbons (Fsp3) is 0.316. The van der Waals surface area contributed by atoms with E-state index < -0.39 is 6.10 Å². The summed E-state index contributed by atoms with van der Waals surface area (Å²) in [5, 5.41) is 2.81. The fourth-order valence-electron chi connectivity index (χ4n) is 2.26. The predicted molar refractivity (Wildman–Crippen MR) is 91.0 cm³/mol. The average Bonchev–Trinajstić information content (AvgIpc) is 2.51. The van der Waals surface area contributed by atoms with Crippen molar-refractivity contribution in [1.29, 1.82) is 0 Å². The lowest BCUT2D eigenvalue weighted by Gasteiger charge is -2.16. The SMILES string of the molecule is Cc1cc(C)cc(O[C@@H](C)C(=O)NCCOc2ccccc2)c1. The topological polar surface area (TPSA) is 47.6 Å². The third kappa shape index (κ3) is 5.66. The van der Waals surface area contributed by atoms with Crippen LogP contribution in [0.3, 0.4) is 0 Å². The highest BCUT2D eigenvalue weighted by Gasteiger charge is 2.14. The molecule has 2 aromatic carbocycles. The summed E-state index contributed by atoms with van der Waals surface area (Å²) < 4.78 is 11.2. The molecular formula is C19H23NO3. The van der Waals surface area contributed by atoms with Gasteiger partial charge in [-0.15, -0.1) is 0 Å². The second kappa shape index (κ2) is 8.22. The van der Waals surface area contributed by atoms with Gasteiger partial charge in [0.15, 0.2) is 6.10 Å². The molecule has 2 rings (SSSR count). The summed E-state index contributed by atoms with van der Waals surface area (Å²) in [6.45, 7) is 6.61. The maximum absolute atomic E-state index is 12.0. The number of nitrogens with one attached hydrogen (secondary N) is 1. The molecule has 1 amide bonds. The number of rotatable bonds is 7. The van der Waals surface area contributed by atoms with Gasteiger partial charge < -0.3 is 14.8 Å². The van der Waals surface area contributed by atoms with Gasteiger partial charge in [0, 0.05) is 0 Å². The van der Waals surface area contributed by atoms with E-state index in [1.54, 1.807) is 6.92 Å². The molecule has 0 saturated heterocycles. The molecule has 122 valence electrons. The number of para-hydroxylation sites is 1. The van der Waals surface area contributed by atoms with Crippen molar-refractivity contribution in [2.75, 3.05) is 13.2 Å². The summed E-state index contributed by atoms with van der Waals surface area (Å²) in [6, 6.07) is 15.4. The van der Waals surface area contributed by atoms with Crippen LogP contribution < -0.4 is 14.8 Å². The molecule has 0 heterocycles. The van der Waals surface area contributed by atoms with Gasteiger partial charge in [0.25, 0.3) is 5.91 Å². The van der Waals surface area contributed by atoms with E-state index in [9.17, 15) is 4.79 Å². The molecule has 0 radical (unpaired) electrons. The zero-order chi connectivity index (χ0) is 16.7. The van der Waals surface area contributed by atoms with E-state index in [-0.39, 0.29) is 5.91 Å². The smallest absolute Gasteiger partial charge is 0.260 e. The number of carbonyl (C=O) groups excluding carboxylic acids is 1. The van der Waals surface area contributed by atoms with Crippen LogP contribution in [0, 0.1) is 13.8 Å². The van der Waals surface area contributed by atoms with Gasteiger partial charge in [0.05, 0.1) is 6.54 Å². The van der Waals surface area contributed by atoms with E-state index in [0.717, 1.165) is 16.9 Å². The van der Waals surface area contributed by atoms with E-state index in [1.165, 1.54) is 0 Å². The molecule has 2 aromatic rings. The van der Waals surface area contributed by atoms with E-state index in [1.807, 2.05) is 56.3 Å². The minimum absolute atomic E-state index is 0.152. The highest BCUT2D eigenvalue weighted by Crippen LogP contribution is 2.17. The zero-order valence-electron chi connectivity index (χ0n) is 13.8. The van der Waals surface area contributed by atoms with Crippen LogP contribution in [-0.2, 0) is 4.79 Å². The van der Waals surface area contributed by atoms with Gasteiger partial charge in [0.2, 0.25) is 0 Å². The Balaban J connectivity index is 1.74. The molecule has 0 aliphatic carbocycles. The van der Waals surface area contributed by atoms with Crippen molar-refractivity contribution in [3.05, 3.63) is 59.7 Å². The number of hydrogen-bond donors (Lipinski definition) is 1. The lowest BCUT2D eigenvalue weighted by Crippen LogP contribution is -2.38. The number of ether oxygens (including phenoxy) is 2. The summed E-state index contributed by atoms with van der Waals surface area (Å²) in [5.74, 6) is 1.35. The van der Waals surface area contributed by atoms with Gasteiger partial charge in [-0.05, 0) is 56.2 Å². The van der Waals surface area contributed by atoms with Gasteiger partial charge >= 0.3 is 0 Å². The third-order valence-electron chi connectivity index (χ3n) is 3.29. The van der Waals surface area contributed by atoms with Crippen LogP contribution in [0.2, 0.25) is 0 Å². The maximum Gasteiger partial charge on any atom is 0.260 e. The minimum atomic E-state index is -0.548. The molecule has 0 aliphatic heterocycles. The largest absolute Gasteiger partial charge is 0.492 e. The first-order valence-electron chi connectivity index (χ1n) is 7.75. The molecule has 0 spiro atoms. The van der Waals surface area contributed by atoms with Gasteiger partial charge in [-0.1, -0.05) is 24.3 Å². The Kier molecular flexibility index (Phi) is 6.03. The molecule has 23 heavy (non-hydrogen) atoms. The van der Waals surface area contributed by atoms with Crippen LogP contribution in [0.4, 0.5) is 0 Å². The van der Waals surface area contributed by atoms with Crippen molar-refractivity contribution in [2.24, 2.45) is 0 Å². The first kappa shape index (κ1) is 16.9. The molecule has 0 bridgehead atoms. The monoisotopic (exact) mass is 313 g/mol. The Morgan fingerprint density at radius 3 is 2.35 bits per heavy atom. The zero-order valence-corrected chi connectivity index (χ0v) is 13.8. The highest BCUT2D eigenvalue weighted by atomic mass is 16.5. The minimum Gasteiger partial charge on any atom is -0.492 e. The number of carbonyl (C=O) groups is 1. The van der Waals surface area contributed by atoms with Crippen LogP contribution in [0.15, 0.2) is 48.5 Å². The summed E-state index contributed by atoms with van der Waals surface area (Å²) in [5.41, 5.74) is 2.23. The lowest BCUT2D eigenvalue weighted by atomic mass is 10.1. The first-order valence-corrected chi connectivity index (χ1v) is 7.75. The van der Waals surface area contributed by atoms with Crippen molar-refractivity contribution in [3.8, 4) is 11.5 Å². The van der Waals surface area contributed by atoms with Crippen LogP contribution in [0.1, 0.15) is 18.1 Å². The van der Waals surface area contributed by atoms with E-state index in [4.69, 9.17) is 9.47 Å². The molecule has 0 fully saturated rings. The summed E-state index contributed by atoms with van der Waals surface area (Å²) >= 11 is 0. The molecule has 0 aliphatic rings. The Hall–Kier alpha value is -2.49. The summed E-state index contributed by atoms with van der Waals surface area (Å²) in [6.07, 6.45) is -0.548. The van der Waals surface area contributed by atoms with Gasteiger partial charge in [-0.3, -0.25) is 4.79 Å². The highest BCUT2D eigenvalue weighted by molar-refractivity contribution is 5.80. The molecule has 1 N–H and O–H groups in total. The molecule has 4 nitrogen and oxygen atoms in total.